The topological polar surface area (TPSA) is 66.0 Å². The molecule has 29 heavy (non-hydrogen) atoms. The van der Waals surface area contributed by atoms with Crippen LogP contribution in [0.3, 0.4) is 0 Å². The number of hydrogen-bond acceptors (Lipinski definition) is 2. The number of nitrogens with one attached hydrogen (secondary N) is 1. The van der Waals surface area contributed by atoms with Crippen molar-refractivity contribution in [3.63, 3.8) is 0 Å². The quantitative estimate of drug-likeness (QED) is 0.355. The number of carboxylic acid groups (broad SMARTS) is 1. The molecule has 0 spiro atoms. The summed E-state index contributed by atoms with van der Waals surface area (Å²) in [5.41, 5.74) is -1.44. The lowest BCUT2D eigenvalue weighted by Crippen LogP contribution is -2.04. The van der Waals surface area contributed by atoms with E-state index in [0.29, 0.717) is 5.56 Å². The lowest BCUT2D eigenvalue weighted by atomic mass is 10.0. The van der Waals surface area contributed by atoms with Gasteiger partial charge in [-0.25, -0.2) is 27.3 Å². The predicted molar refractivity (Wildman–Crippen MR) is 98.5 cm³/mol. The predicted octanol–water partition coefficient (Wildman–Crippen LogP) is 5.46. The van der Waals surface area contributed by atoms with Crippen LogP contribution in [0.2, 0.25) is 0 Å². The first-order valence-electron chi connectivity index (χ1n) is 8.45. The molecule has 4 aromatic rings. The molecule has 4 nitrogen and oxygen atoms in total. The molecule has 146 valence electrons. The standard InChI is InChI=1S/C21H12F4N2O2/c1-9-7-11(21(28)29)19-12(8-9)26-20(27-19)14-17(24)15(22)13(16(23)18(14)25)10-5-3-2-4-6-10/h2-8H,1H3,(H,26,27)(H,28,29). The van der Waals surface area contributed by atoms with E-state index in [0.717, 1.165) is 0 Å². The maximum atomic E-state index is 14.8. The fourth-order valence-corrected chi connectivity index (χ4v) is 3.24. The number of hydrogen-bond donors (Lipinski definition) is 2. The Hall–Kier alpha value is -3.68. The first-order valence-corrected chi connectivity index (χ1v) is 8.45. The zero-order valence-electron chi connectivity index (χ0n) is 14.9. The molecule has 0 aliphatic carbocycles. The van der Waals surface area contributed by atoms with Crippen LogP contribution in [0.15, 0.2) is 42.5 Å². The minimum absolute atomic E-state index is 0.00940. The molecule has 0 amide bonds. The lowest BCUT2D eigenvalue weighted by Gasteiger charge is -2.11. The van der Waals surface area contributed by atoms with Crippen molar-refractivity contribution in [2.45, 2.75) is 6.92 Å². The van der Waals surface area contributed by atoms with Crippen molar-refractivity contribution in [2.24, 2.45) is 0 Å². The smallest absolute Gasteiger partial charge is 0.337 e. The number of aromatic carboxylic acids is 1. The number of nitrogens with zero attached hydrogens (tertiary/aromatic N) is 1. The number of rotatable bonds is 3. The molecular weight excluding hydrogens is 388 g/mol. The third-order valence-electron chi connectivity index (χ3n) is 4.53. The number of aryl methyl sites for hydroxylation is 1. The van der Waals surface area contributed by atoms with Crippen LogP contribution in [0.4, 0.5) is 17.6 Å². The summed E-state index contributed by atoms with van der Waals surface area (Å²) in [6.45, 7) is 1.62. The highest BCUT2D eigenvalue weighted by Gasteiger charge is 2.29. The van der Waals surface area contributed by atoms with Gasteiger partial charge in [-0.15, -0.1) is 0 Å². The number of H-pyrrole nitrogens is 1. The van der Waals surface area contributed by atoms with Crippen molar-refractivity contribution in [2.75, 3.05) is 0 Å². The fourth-order valence-electron chi connectivity index (χ4n) is 3.24. The molecule has 0 unspecified atom stereocenters. The van der Waals surface area contributed by atoms with Gasteiger partial charge in [0.25, 0.3) is 0 Å². The van der Waals surface area contributed by atoms with E-state index >= 15 is 0 Å². The van der Waals surface area contributed by atoms with E-state index in [-0.39, 0.29) is 22.2 Å². The van der Waals surface area contributed by atoms with Gasteiger partial charge >= 0.3 is 5.97 Å². The minimum atomic E-state index is -1.63. The first-order chi connectivity index (χ1) is 13.8. The summed E-state index contributed by atoms with van der Waals surface area (Å²) in [6.07, 6.45) is 0. The Balaban J connectivity index is 2.00. The second-order valence-electron chi connectivity index (χ2n) is 6.47. The normalized spacial score (nSPS) is 11.2. The highest BCUT2D eigenvalue weighted by molar-refractivity contribution is 6.02. The van der Waals surface area contributed by atoms with Crippen LogP contribution in [-0.4, -0.2) is 21.0 Å². The fraction of sp³-hybridized carbons (Fsp3) is 0.0476. The van der Waals surface area contributed by atoms with Crippen LogP contribution in [0.1, 0.15) is 15.9 Å². The van der Waals surface area contributed by atoms with Crippen molar-refractivity contribution in [1.82, 2.24) is 9.97 Å². The van der Waals surface area contributed by atoms with Crippen LogP contribution >= 0.6 is 0 Å². The molecule has 0 bridgehead atoms. The van der Waals surface area contributed by atoms with Gasteiger partial charge in [0.05, 0.1) is 27.7 Å². The van der Waals surface area contributed by atoms with Crippen molar-refractivity contribution < 1.29 is 27.5 Å². The van der Waals surface area contributed by atoms with Crippen molar-refractivity contribution >= 4 is 17.0 Å². The van der Waals surface area contributed by atoms with Crippen LogP contribution < -0.4 is 0 Å². The lowest BCUT2D eigenvalue weighted by molar-refractivity contribution is 0.0698. The maximum absolute atomic E-state index is 14.8. The van der Waals surface area contributed by atoms with Gasteiger partial charge in [0.2, 0.25) is 0 Å². The van der Waals surface area contributed by atoms with Crippen LogP contribution in [0.25, 0.3) is 33.5 Å². The summed E-state index contributed by atoms with van der Waals surface area (Å²) in [6, 6.07) is 10.0. The molecule has 1 aromatic heterocycles. The molecule has 8 heteroatoms. The summed E-state index contributed by atoms with van der Waals surface area (Å²) in [5.74, 6) is -8.20. The van der Waals surface area contributed by atoms with Crippen LogP contribution in [-0.2, 0) is 0 Å². The summed E-state index contributed by atoms with van der Waals surface area (Å²) in [5, 5.41) is 9.33. The number of carboxylic acids is 1. The largest absolute Gasteiger partial charge is 0.478 e. The van der Waals surface area contributed by atoms with Crippen molar-refractivity contribution in [1.29, 1.82) is 0 Å². The van der Waals surface area contributed by atoms with E-state index < -0.39 is 46.2 Å². The number of imidazole rings is 1. The summed E-state index contributed by atoms with van der Waals surface area (Å²) >= 11 is 0. The van der Waals surface area contributed by atoms with Gasteiger partial charge in [-0.2, -0.15) is 0 Å². The minimum Gasteiger partial charge on any atom is -0.478 e. The molecule has 0 fully saturated rings. The summed E-state index contributed by atoms with van der Waals surface area (Å²) < 4.78 is 58.9. The zero-order chi connectivity index (χ0) is 20.9. The Kier molecular flexibility index (Phi) is 4.34. The highest BCUT2D eigenvalue weighted by atomic mass is 19.2. The van der Waals surface area contributed by atoms with E-state index in [9.17, 15) is 27.5 Å². The van der Waals surface area contributed by atoms with E-state index in [1.807, 2.05) is 0 Å². The Labute approximate surface area is 161 Å². The summed E-state index contributed by atoms with van der Waals surface area (Å²) in [4.78, 5) is 17.9. The number of aromatic nitrogens is 2. The van der Waals surface area contributed by atoms with Gasteiger partial charge in [-0.1, -0.05) is 30.3 Å². The van der Waals surface area contributed by atoms with Gasteiger partial charge < -0.3 is 10.1 Å². The third kappa shape index (κ3) is 2.93. The molecule has 0 aliphatic heterocycles. The highest BCUT2D eigenvalue weighted by Crippen LogP contribution is 2.36. The second kappa shape index (κ2) is 6.73. The molecule has 0 saturated heterocycles. The van der Waals surface area contributed by atoms with Crippen LogP contribution in [0, 0.1) is 30.2 Å². The third-order valence-corrected chi connectivity index (χ3v) is 4.53. The number of carbonyl (C=O) groups is 1. The zero-order valence-corrected chi connectivity index (χ0v) is 14.9. The van der Waals surface area contributed by atoms with Crippen LogP contribution in [0.5, 0.6) is 0 Å². The Morgan fingerprint density at radius 3 is 2.10 bits per heavy atom. The Morgan fingerprint density at radius 2 is 1.52 bits per heavy atom. The molecular formula is C21H12F4N2O2. The Bertz CT molecular complexity index is 1250. The molecule has 0 radical (unpaired) electrons. The molecule has 2 N–H and O–H groups in total. The van der Waals surface area contributed by atoms with E-state index in [1.165, 1.54) is 36.4 Å². The van der Waals surface area contributed by atoms with E-state index in [4.69, 9.17) is 0 Å². The molecule has 1 heterocycles. The van der Waals surface area contributed by atoms with Gasteiger partial charge in [0, 0.05) is 0 Å². The molecule has 4 rings (SSSR count). The molecule has 0 aliphatic rings. The summed E-state index contributed by atoms with van der Waals surface area (Å²) in [7, 11) is 0. The van der Waals surface area contributed by atoms with E-state index in [2.05, 4.69) is 9.97 Å². The number of benzene rings is 3. The molecule has 3 aromatic carbocycles. The first kappa shape index (κ1) is 18.7. The maximum Gasteiger partial charge on any atom is 0.337 e. The SMILES string of the molecule is Cc1cc(C(=O)O)c2[nH]c(-c3c(F)c(F)c(-c4ccccc4)c(F)c3F)nc2c1. The van der Waals surface area contributed by atoms with Crippen molar-refractivity contribution in [3.05, 3.63) is 76.9 Å². The van der Waals surface area contributed by atoms with Gasteiger partial charge in [0.1, 0.15) is 5.82 Å². The number of halogens is 4. The van der Waals surface area contributed by atoms with Gasteiger partial charge in [-0.05, 0) is 30.2 Å². The average Bonchev–Trinajstić information content (AvgIpc) is 3.10. The number of aromatic amines is 1. The van der Waals surface area contributed by atoms with E-state index in [1.54, 1.807) is 13.0 Å². The van der Waals surface area contributed by atoms with Gasteiger partial charge in [-0.3, -0.25) is 0 Å². The molecule has 0 atom stereocenters. The second-order valence-corrected chi connectivity index (χ2v) is 6.47. The Morgan fingerprint density at radius 1 is 0.931 bits per heavy atom. The van der Waals surface area contributed by atoms with Gasteiger partial charge in [0.15, 0.2) is 23.3 Å². The van der Waals surface area contributed by atoms with Crippen molar-refractivity contribution in [3.8, 4) is 22.5 Å². The number of fused-ring (bicyclic) bond motifs is 1. The average molecular weight is 400 g/mol. The monoisotopic (exact) mass is 400 g/mol. The molecule has 0 saturated carbocycles.